The number of alkyl halides is 1. The van der Waals surface area contributed by atoms with E-state index in [4.69, 9.17) is 16.6 Å². The summed E-state index contributed by atoms with van der Waals surface area (Å²) in [5, 5.41) is -0.519. The molecule has 0 radical (unpaired) electrons. The molecule has 2 aromatic rings. The van der Waals surface area contributed by atoms with Gasteiger partial charge in [0.05, 0.1) is 5.69 Å². The molecule has 0 spiro atoms. The molecule has 4 rings (SSSR count). The Bertz CT molecular complexity index is 994. The number of rotatable bonds is 5. The minimum Gasteiger partial charge on any atom is -0.369 e. The van der Waals surface area contributed by atoms with Gasteiger partial charge in [0.2, 0.25) is 11.9 Å². The van der Waals surface area contributed by atoms with E-state index in [2.05, 4.69) is 46.0 Å². The number of hydrogen-bond donors (Lipinski definition) is 1. The highest BCUT2D eigenvalue weighted by molar-refractivity contribution is 6.30. The third-order valence-corrected chi connectivity index (χ3v) is 6.41. The fourth-order valence-electron chi connectivity index (χ4n) is 4.41. The number of aryl methyl sites for hydroxylation is 1. The lowest BCUT2D eigenvalue weighted by Gasteiger charge is -2.37. The number of nitrogens with zero attached hydrogens (tertiary/aromatic N) is 5. The van der Waals surface area contributed by atoms with Crippen LogP contribution in [0.1, 0.15) is 18.2 Å². The molecule has 1 aromatic carbocycles. The summed E-state index contributed by atoms with van der Waals surface area (Å²) in [5.41, 5.74) is 3.23. The maximum atomic E-state index is 12.3. The van der Waals surface area contributed by atoms with Crippen molar-refractivity contribution in [1.29, 1.82) is 0 Å². The van der Waals surface area contributed by atoms with Crippen LogP contribution in [0.3, 0.4) is 0 Å². The molecule has 0 saturated carbocycles. The van der Waals surface area contributed by atoms with E-state index in [1.807, 2.05) is 4.90 Å². The average Bonchev–Trinajstić information content (AvgIpc) is 2.79. The largest absolute Gasteiger partial charge is 0.369 e. The number of nitrogens with one attached hydrogen (secondary N) is 1. The summed E-state index contributed by atoms with van der Waals surface area (Å²) in [6.07, 6.45) is 0. The normalized spacial score (nSPS) is 18.7. The van der Waals surface area contributed by atoms with Crippen molar-refractivity contribution in [2.45, 2.75) is 25.8 Å². The Morgan fingerprint density at radius 1 is 1.06 bits per heavy atom. The minimum atomic E-state index is -0.519. The first-order valence-electron chi connectivity index (χ1n) is 11.2. The van der Waals surface area contributed by atoms with Gasteiger partial charge in [-0.3, -0.25) is 19.5 Å². The summed E-state index contributed by atoms with van der Waals surface area (Å²) >= 11 is 5.93. The van der Waals surface area contributed by atoms with Crippen LogP contribution >= 0.6 is 11.6 Å². The van der Waals surface area contributed by atoms with E-state index in [0.29, 0.717) is 38.7 Å². The number of anilines is 2. The van der Waals surface area contributed by atoms with Gasteiger partial charge in [-0.2, -0.15) is 0 Å². The Morgan fingerprint density at radius 3 is 2.38 bits per heavy atom. The number of para-hydroxylation sites is 1. The molecular formula is C23H31ClN6O2. The Balaban J connectivity index is 1.35. The van der Waals surface area contributed by atoms with Gasteiger partial charge >= 0.3 is 0 Å². The van der Waals surface area contributed by atoms with Crippen LogP contribution in [-0.2, 0) is 11.3 Å². The maximum absolute atomic E-state index is 12.3. The highest BCUT2D eigenvalue weighted by Crippen LogP contribution is 2.21. The number of hydrogen-bond acceptors (Lipinski definition) is 6. The summed E-state index contributed by atoms with van der Waals surface area (Å²) in [5.74, 6) is 0.531. The van der Waals surface area contributed by atoms with Gasteiger partial charge < -0.3 is 14.7 Å². The van der Waals surface area contributed by atoms with Crippen molar-refractivity contribution in [3.63, 3.8) is 0 Å². The molecule has 2 aliphatic rings. The number of aromatic amines is 1. The zero-order valence-corrected chi connectivity index (χ0v) is 19.5. The third kappa shape index (κ3) is 5.24. The average molecular weight is 459 g/mol. The van der Waals surface area contributed by atoms with Crippen LogP contribution in [0.2, 0.25) is 0 Å². The molecule has 1 N–H and O–H groups in total. The summed E-state index contributed by atoms with van der Waals surface area (Å²) < 4.78 is 0. The summed E-state index contributed by atoms with van der Waals surface area (Å²) in [6.45, 7) is 10.6. The predicted octanol–water partition coefficient (Wildman–Crippen LogP) is 1.68. The zero-order valence-electron chi connectivity index (χ0n) is 18.8. The number of carbonyl (C=O) groups excluding carboxylic acids is 1. The van der Waals surface area contributed by atoms with Gasteiger partial charge in [0, 0.05) is 70.7 Å². The van der Waals surface area contributed by atoms with Gasteiger partial charge in [0.25, 0.3) is 5.56 Å². The maximum Gasteiger partial charge on any atom is 0.252 e. The second kappa shape index (κ2) is 9.92. The van der Waals surface area contributed by atoms with Crippen molar-refractivity contribution >= 4 is 29.1 Å². The number of amides is 1. The first kappa shape index (κ1) is 22.6. The first-order chi connectivity index (χ1) is 15.4. The monoisotopic (exact) mass is 458 g/mol. The lowest BCUT2D eigenvalue weighted by Crippen LogP contribution is -2.51. The molecule has 0 aliphatic carbocycles. The zero-order chi connectivity index (χ0) is 22.7. The van der Waals surface area contributed by atoms with Crippen LogP contribution in [0.5, 0.6) is 0 Å². The Kier molecular flexibility index (Phi) is 7.01. The van der Waals surface area contributed by atoms with E-state index in [0.717, 1.165) is 31.9 Å². The number of benzene rings is 1. The van der Waals surface area contributed by atoms with Gasteiger partial charge in [-0.15, -0.1) is 11.6 Å². The highest BCUT2D eigenvalue weighted by atomic mass is 35.5. The van der Waals surface area contributed by atoms with Crippen LogP contribution in [0.25, 0.3) is 0 Å². The van der Waals surface area contributed by atoms with Gasteiger partial charge in [-0.1, -0.05) is 18.2 Å². The second-order valence-electron chi connectivity index (χ2n) is 8.54. The fourth-order valence-corrected chi connectivity index (χ4v) is 4.55. The van der Waals surface area contributed by atoms with E-state index in [-0.39, 0.29) is 11.5 Å². The van der Waals surface area contributed by atoms with Gasteiger partial charge in [0.1, 0.15) is 5.38 Å². The van der Waals surface area contributed by atoms with Crippen LogP contribution in [0.4, 0.5) is 11.6 Å². The van der Waals surface area contributed by atoms with Crippen LogP contribution in [0.15, 0.2) is 35.1 Å². The molecule has 32 heavy (non-hydrogen) atoms. The molecule has 8 nitrogen and oxygen atoms in total. The summed E-state index contributed by atoms with van der Waals surface area (Å²) in [4.78, 5) is 40.6. The SMILES string of the molecule is Cc1ccccc1N1CCN(Cc2cc(=O)[nH]c(N3CCN(C(=O)[C@H](C)Cl)CC3)n2)CC1. The number of carbonyl (C=O) groups is 1. The number of halogens is 1. The van der Waals surface area contributed by atoms with E-state index >= 15 is 0 Å². The summed E-state index contributed by atoms with van der Waals surface area (Å²) in [7, 11) is 0. The molecule has 2 fully saturated rings. The molecule has 9 heteroatoms. The van der Waals surface area contributed by atoms with Crippen molar-refractivity contribution in [2.24, 2.45) is 0 Å². The molecule has 1 aromatic heterocycles. The van der Waals surface area contributed by atoms with Crippen molar-refractivity contribution in [3.8, 4) is 0 Å². The fraction of sp³-hybridized carbons (Fsp3) is 0.522. The summed E-state index contributed by atoms with van der Waals surface area (Å²) in [6, 6.07) is 10.1. The number of piperazine rings is 2. The molecule has 1 atom stereocenters. The van der Waals surface area contributed by atoms with E-state index in [9.17, 15) is 9.59 Å². The van der Waals surface area contributed by atoms with Crippen molar-refractivity contribution in [3.05, 3.63) is 51.9 Å². The van der Waals surface area contributed by atoms with E-state index in [1.54, 1.807) is 17.9 Å². The van der Waals surface area contributed by atoms with E-state index in [1.165, 1.54) is 11.3 Å². The molecule has 2 aliphatic heterocycles. The second-order valence-corrected chi connectivity index (χ2v) is 9.19. The molecule has 172 valence electrons. The molecule has 1 amide bonds. The number of aromatic nitrogens is 2. The third-order valence-electron chi connectivity index (χ3n) is 6.23. The molecule has 3 heterocycles. The van der Waals surface area contributed by atoms with Gasteiger partial charge in [-0.05, 0) is 25.5 Å². The molecule has 2 saturated heterocycles. The highest BCUT2D eigenvalue weighted by Gasteiger charge is 2.25. The van der Waals surface area contributed by atoms with Gasteiger partial charge in [0.15, 0.2) is 0 Å². The molecular weight excluding hydrogens is 428 g/mol. The van der Waals surface area contributed by atoms with Crippen LogP contribution in [0, 0.1) is 6.92 Å². The number of H-pyrrole nitrogens is 1. The standard InChI is InChI=1S/C23H31ClN6O2/c1-17-5-3-4-6-20(17)28-9-7-27(8-10-28)16-19-15-21(31)26-23(25-19)30-13-11-29(12-14-30)22(32)18(2)24/h3-6,15,18H,7-14,16H2,1-2H3,(H,25,26,31)/t18-/m0/s1. The lowest BCUT2D eigenvalue weighted by molar-refractivity contribution is -0.130. The van der Waals surface area contributed by atoms with Crippen molar-refractivity contribution < 1.29 is 4.79 Å². The molecule has 0 unspecified atom stereocenters. The topological polar surface area (TPSA) is 75.8 Å². The van der Waals surface area contributed by atoms with Crippen molar-refractivity contribution in [2.75, 3.05) is 62.2 Å². The van der Waals surface area contributed by atoms with Gasteiger partial charge in [-0.25, -0.2) is 4.98 Å². The Morgan fingerprint density at radius 2 is 1.72 bits per heavy atom. The molecule has 0 bridgehead atoms. The minimum absolute atomic E-state index is 0.0497. The quantitative estimate of drug-likeness (QED) is 0.687. The predicted molar refractivity (Wildman–Crippen MR) is 128 cm³/mol. The van der Waals surface area contributed by atoms with E-state index < -0.39 is 5.38 Å². The Labute approximate surface area is 193 Å². The first-order valence-corrected chi connectivity index (χ1v) is 11.7. The lowest BCUT2D eigenvalue weighted by atomic mass is 10.1. The van der Waals surface area contributed by atoms with Crippen LogP contribution in [-0.4, -0.2) is 83.4 Å². The van der Waals surface area contributed by atoms with Crippen molar-refractivity contribution in [1.82, 2.24) is 19.8 Å². The Hall–Kier alpha value is -2.58. The van der Waals surface area contributed by atoms with Crippen LogP contribution < -0.4 is 15.4 Å². The smallest absolute Gasteiger partial charge is 0.252 e.